The Morgan fingerprint density at radius 1 is 1.04 bits per heavy atom. The van der Waals surface area contributed by atoms with Crippen LogP contribution in [-0.4, -0.2) is 59.9 Å². The molecular formula is C12H21N5O6. The number of primary amides is 1. The van der Waals surface area contributed by atoms with Crippen LogP contribution in [0, 0.1) is 0 Å². The van der Waals surface area contributed by atoms with Gasteiger partial charge in [0.1, 0.15) is 12.6 Å². The summed E-state index contributed by atoms with van der Waals surface area (Å²) in [6, 6.07) is -1.95. The number of hydrogen-bond donors (Lipinski definition) is 6. The first-order chi connectivity index (χ1) is 10.6. The first-order valence-corrected chi connectivity index (χ1v) is 6.74. The summed E-state index contributed by atoms with van der Waals surface area (Å²) in [5.41, 5.74) is 10.4. The van der Waals surface area contributed by atoms with Crippen LogP contribution < -0.4 is 27.4 Å². The van der Waals surface area contributed by atoms with E-state index in [1.165, 1.54) is 6.92 Å². The predicted octanol–water partition coefficient (Wildman–Crippen LogP) is -3.60. The fraction of sp³-hybridized carbons (Fsp3) is 0.583. The van der Waals surface area contributed by atoms with E-state index in [1.807, 2.05) is 0 Å². The van der Waals surface area contributed by atoms with E-state index in [9.17, 15) is 24.0 Å². The van der Waals surface area contributed by atoms with E-state index in [1.54, 1.807) is 0 Å². The molecule has 11 heteroatoms. The molecule has 4 amide bonds. The summed E-state index contributed by atoms with van der Waals surface area (Å²) in [4.78, 5) is 55.9. The number of carbonyl (C=O) groups is 5. The summed E-state index contributed by atoms with van der Waals surface area (Å²) in [6.07, 6.45) is -0.209. The molecule has 23 heavy (non-hydrogen) atoms. The second-order valence-electron chi connectivity index (χ2n) is 4.74. The summed E-state index contributed by atoms with van der Waals surface area (Å²) in [5.74, 6) is -3.92. The Morgan fingerprint density at radius 3 is 2.13 bits per heavy atom. The van der Waals surface area contributed by atoms with Crippen molar-refractivity contribution in [1.29, 1.82) is 0 Å². The van der Waals surface area contributed by atoms with E-state index in [4.69, 9.17) is 16.6 Å². The van der Waals surface area contributed by atoms with Crippen LogP contribution in [-0.2, 0) is 24.0 Å². The molecule has 0 spiro atoms. The Labute approximate surface area is 132 Å². The lowest BCUT2D eigenvalue weighted by atomic mass is 10.1. The standard InChI is InChI=1S/C12H21N5O6/c1-6(13)11(22)17-7(2-3-8(14)18)12(23)16-4-9(19)15-5-10(20)21/h6-7H,2-5,13H2,1H3,(H2,14,18)(H,15,19)(H,16,23)(H,17,22)(H,20,21). The van der Waals surface area contributed by atoms with Crippen molar-refractivity contribution >= 4 is 29.6 Å². The van der Waals surface area contributed by atoms with Crippen LogP contribution in [0.15, 0.2) is 0 Å². The van der Waals surface area contributed by atoms with E-state index in [0.29, 0.717) is 0 Å². The van der Waals surface area contributed by atoms with Gasteiger partial charge in [-0.25, -0.2) is 0 Å². The van der Waals surface area contributed by atoms with Gasteiger partial charge in [0, 0.05) is 6.42 Å². The molecule has 8 N–H and O–H groups in total. The fourth-order valence-corrected chi connectivity index (χ4v) is 1.39. The van der Waals surface area contributed by atoms with Crippen LogP contribution >= 0.6 is 0 Å². The number of rotatable bonds is 10. The molecule has 0 aliphatic rings. The van der Waals surface area contributed by atoms with Gasteiger partial charge in [-0.05, 0) is 13.3 Å². The minimum Gasteiger partial charge on any atom is -0.480 e. The van der Waals surface area contributed by atoms with Crippen molar-refractivity contribution in [3.05, 3.63) is 0 Å². The molecule has 0 heterocycles. The van der Waals surface area contributed by atoms with Crippen molar-refractivity contribution in [2.75, 3.05) is 13.1 Å². The first kappa shape index (κ1) is 20.3. The molecule has 11 nitrogen and oxygen atoms in total. The summed E-state index contributed by atoms with van der Waals surface area (Å²) in [5, 5.41) is 15.0. The lowest BCUT2D eigenvalue weighted by Crippen LogP contribution is -2.52. The second-order valence-corrected chi connectivity index (χ2v) is 4.74. The normalized spacial score (nSPS) is 12.6. The maximum absolute atomic E-state index is 11.9. The summed E-state index contributed by atoms with van der Waals surface area (Å²) >= 11 is 0. The van der Waals surface area contributed by atoms with Gasteiger partial charge in [-0.3, -0.25) is 24.0 Å². The minimum absolute atomic E-state index is 0.0592. The molecule has 130 valence electrons. The van der Waals surface area contributed by atoms with Gasteiger partial charge in [-0.2, -0.15) is 0 Å². The highest BCUT2D eigenvalue weighted by molar-refractivity contribution is 5.92. The quantitative estimate of drug-likeness (QED) is 0.238. The Kier molecular flexibility index (Phi) is 8.92. The van der Waals surface area contributed by atoms with Gasteiger partial charge in [0.05, 0.1) is 12.6 Å². The number of carboxylic acids is 1. The SMILES string of the molecule is CC(N)C(=O)NC(CCC(N)=O)C(=O)NCC(=O)NCC(=O)O. The molecule has 0 aromatic rings. The molecule has 0 aromatic heterocycles. The van der Waals surface area contributed by atoms with Gasteiger partial charge in [0.15, 0.2) is 0 Å². The Morgan fingerprint density at radius 2 is 1.65 bits per heavy atom. The van der Waals surface area contributed by atoms with E-state index >= 15 is 0 Å². The number of amides is 4. The van der Waals surface area contributed by atoms with Crippen LogP contribution in [0.4, 0.5) is 0 Å². The molecular weight excluding hydrogens is 310 g/mol. The highest BCUT2D eigenvalue weighted by atomic mass is 16.4. The third-order valence-electron chi connectivity index (χ3n) is 2.59. The van der Waals surface area contributed by atoms with Crippen LogP contribution in [0.2, 0.25) is 0 Å². The van der Waals surface area contributed by atoms with Crippen molar-refractivity contribution in [2.45, 2.75) is 31.8 Å². The lowest BCUT2D eigenvalue weighted by Gasteiger charge is -2.19. The molecule has 0 radical (unpaired) electrons. The number of carbonyl (C=O) groups excluding carboxylic acids is 4. The van der Waals surface area contributed by atoms with Gasteiger partial charge in [0.2, 0.25) is 23.6 Å². The van der Waals surface area contributed by atoms with Gasteiger partial charge in [-0.1, -0.05) is 0 Å². The van der Waals surface area contributed by atoms with Crippen molar-refractivity contribution in [2.24, 2.45) is 11.5 Å². The van der Waals surface area contributed by atoms with Gasteiger partial charge < -0.3 is 32.5 Å². The van der Waals surface area contributed by atoms with Crippen molar-refractivity contribution in [3.63, 3.8) is 0 Å². The van der Waals surface area contributed by atoms with Crippen LogP contribution in [0.1, 0.15) is 19.8 Å². The largest absolute Gasteiger partial charge is 0.480 e. The van der Waals surface area contributed by atoms with Crippen LogP contribution in [0.5, 0.6) is 0 Å². The number of aliphatic carboxylic acids is 1. The minimum atomic E-state index is -1.23. The van der Waals surface area contributed by atoms with E-state index in [2.05, 4.69) is 16.0 Å². The maximum Gasteiger partial charge on any atom is 0.322 e. The van der Waals surface area contributed by atoms with Crippen molar-refractivity contribution in [3.8, 4) is 0 Å². The van der Waals surface area contributed by atoms with Gasteiger partial charge in [-0.15, -0.1) is 0 Å². The van der Waals surface area contributed by atoms with Gasteiger partial charge >= 0.3 is 5.97 Å². The molecule has 0 bridgehead atoms. The van der Waals surface area contributed by atoms with Crippen LogP contribution in [0.3, 0.4) is 0 Å². The maximum atomic E-state index is 11.9. The molecule has 0 aliphatic heterocycles. The Balaban J connectivity index is 4.53. The average molecular weight is 331 g/mol. The third-order valence-corrected chi connectivity index (χ3v) is 2.59. The fourth-order valence-electron chi connectivity index (χ4n) is 1.39. The van der Waals surface area contributed by atoms with E-state index < -0.39 is 54.8 Å². The van der Waals surface area contributed by atoms with E-state index in [-0.39, 0.29) is 12.8 Å². The smallest absolute Gasteiger partial charge is 0.322 e. The molecule has 2 unspecified atom stereocenters. The van der Waals surface area contributed by atoms with Gasteiger partial charge in [0.25, 0.3) is 0 Å². The first-order valence-electron chi connectivity index (χ1n) is 6.74. The average Bonchev–Trinajstić information content (AvgIpc) is 2.46. The number of hydrogen-bond acceptors (Lipinski definition) is 6. The second kappa shape index (κ2) is 10.1. The number of carboxylic acid groups (broad SMARTS) is 1. The summed E-state index contributed by atoms with van der Waals surface area (Å²) in [6.45, 7) is 0.353. The third kappa shape index (κ3) is 9.79. The molecule has 0 aliphatic carbocycles. The monoisotopic (exact) mass is 331 g/mol. The lowest BCUT2D eigenvalue weighted by molar-refractivity contribution is -0.138. The molecule has 0 aromatic carbocycles. The molecule has 0 saturated carbocycles. The summed E-state index contributed by atoms with van der Waals surface area (Å²) in [7, 11) is 0. The zero-order valence-electron chi connectivity index (χ0n) is 12.6. The molecule has 0 fully saturated rings. The molecule has 0 rings (SSSR count). The predicted molar refractivity (Wildman–Crippen MR) is 77.7 cm³/mol. The number of nitrogens with two attached hydrogens (primary N) is 2. The Bertz CT molecular complexity index is 479. The van der Waals surface area contributed by atoms with Crippen molar-refractivity contribution in [1.82, 2.24) is 16.0 Å². The zero-order valence-corrected chi connectivity index (χ0v) is 12.6. The molecule has 2 atom stereocenters. The zero-order chi connectivity index (χ0) is 18.0. The summed E-state index contributed by atoms with van der Waals surface area (Å²) < 4.78 is 0. The highest BCUT2D eigenvalue weighted by Crippen LogP contribution is 1.98. The molecule has 0 saturated heterocycles. The highest BCUT2D eigenvalue weighted by Gasteiger charge is 2.23. The topological polar surface area (TPSA) is 194 Å². The van der Waals surface area contributed by atoms with Crippen molar-refractivity contribution < 1.29 is 29.1 Å². The van der Waals surface area contributed by atoms with Crippen LogP contribution in [0.25, 0.3) is 0 Å². The Hall–Kier alpha value is -2.69. The van der Waals surface area contributed by atoms with E-state index in [0.717, 1.165) is 0 Å². The number of nitrogens with one attached hydrogen (secondary N) is 3.